The summed E-state index contributed by atoms with van der Waals surface area (Å²) in [6, 6.07) is 15.1. The minimum atomic E-state index is -4.81. The van der Waals surface area contributed by atoms with E-state index in [1.165, 1.54) is 4.90 Å². The number of fused-ring (bicyclic) bond motifs is 1. The summed E-state index contributed by atoms with van der Waals surface area (Å²) in [7, 11) is -3.73. The lowest BCUT2D eigenvalue weighted by atomic mass is 9.82. The molecule has 1 aliphatic heterocycles. The Kier molecular flexibility index (Phi) is 8.34. The molecule has 0 fully saturated rings. The minimum Gasteiger partial charge on any atom is -0.337 e. The topological polar surface area (TPSA) is 139 Å². The molecule has 4 aromatic rings. The van der Waals surface area contributed by atoms with Gasteiger partial charge in [0.15, 0.2) is 0 Å². The number of hydrogen-bond acceptors (Lipinski definition) is 7. The molecular formula is C29H26F3N7O4S. The maximum absolute atomic E-state index is 14.1. The molecule has 0 unspecified atom stereocenters. The number of para-hydroxylation sites is 1. The highest BCUT2D eigenvalue weighted by Crippen LogP contribution is 2.41. The van der Waals surface area contributed by atoms with Crippen LogP contribution >= 0.6 is 0 Å². The first-order chi connectivity index (χ1) is 20.9. The third-order valence-electron chi connectivity index (χ3n) is 6.99. The normalized spacial score (nSPS) is 16.8. The van der Waals surface area contributed by atoms with Crippen LogP contribution in [0.15, 0.2) is 85.0 Å². The third-order valence-corrected chi connectivity index (χ3v) is 7.97. The SMILES string of the molecule is C=CS(=O)(=O)NCc1cccc([C@@H]2c3cnn(-c4ccccc4)c3N(CC)C(=O)[C@H]2NC(=O)c2nccc(C(F)(F)F)n2)c1. The van der Waals surface area contributed by atoms with Crippen LogP contribution in [0.1, 0.15) is 45.8 Å². The van der Waals surface area contributed by atoms with Gasteiger partial charge in [0.1, 0.15) is 17.6 Å². The zero-order chi connectivity index (χ0) is 31.6. The number of nitrogens with one attached hydrogen (secondary N) is 2. The van der Waals surface area contributed by atoms with Crippen LogP contribution in [0, 0.1) is 0 Å². The number of alkyl halides is 3. The van der Waals surface area contributed by atoms with Gasteiger partial charge in [0.2, 0.25) is 15.8 Å². The van der Waals surface area contributed by atoms with E-state index in [2.05, 4.69) is 31.7 Å². The zero-order valence-electron chi connectivity index (χ0n) is 23.2. The second kappa shape index (κ2) is 12.0. The van der Waals surface area contributed by atoms with Gasteiger partial charge in [-0.15, -0.1) is 0 Å². The summed E-state index contributed by atoms with van der Waals surface area (Å²) in [5, 5.41) is 7.89. The summed E-state index contributed by atoms with van der Waals surface area (Å²) in [6.45, 7) is 5.12. The monoisotopic (exact) mass is 625 g/mol. The van der Waals surface area contributed by atoms with Crippen molar-refractivity contribution < 1.29 is 31.2 Å². The van der Waals surface area contributed by atoms with Crippen LogP contribution in [0.2, 0.25) is 0 Å². The molecule has 0 radical (unpaired) electrons. The van der Waals surface area contributed by atoms with Gasteiger partial charge in [-0.2, -0.15) is 18.3 Å². The first-order valence-electron chi connectivity index (χ1n) is 13.3. The highest BCUT2D eigenvalue weighted by molar-refractivity contribution is 7.92. The van der Waals surface area contributed by atoms with Crippen molar-refractivity contribution in [1.29, 1.82) is 0 Å². The maximum Gasteiger partial charge on any atom is 0.433 e. The predicted molar refractivity (Wildman–Crippen MR) is 154 cm³/mol. The molecule has 2 aromatic carbocycles. The summed E-state index contributed by atoms with van der Waals surface area (Å²) in [5.41, 5.74) is 0.983. The first-order valence-corrected chi connectivity index (χ1v) is 14.8. The predicted octanol–water partition coefficient (Wildman–Crippen LogP) is 3.54. The molecule has 3 heterocycles. The number of carbonyl (C=O) groups excluding carboxylic acids is 2. The van der Waals surface area contributed by atoms with E-state index in [0.29, 0.717) is 34.3 Å². The fourth-order valence-corrected chi connectivity index (χ4v) is 5.48. The lowest BCUT2D eigenvalue weighted by Gasteiger charge is -2.38. The molecule has 1 aliphatic rings. The van der Waals surface area contributed by atoms with Crippen LogP contribution in [-0.4, -0.2) is 52.6 Å². The van der Waals surface area contributed by atoms with Gasteiger partial charge in [0.05, 0.1) is 11.9 Å². The Labute approximate surface area is 250 Å². The molecule has 11 nitrogen and oxygen atoms in total. The van der Waals surface area contributed by atoms with Crippen molar-refractivity contribution in [3.63, 3.8) is 0 Å². The fourth-order valence-electron chi connectivity index (χ4n) is 4.99. The molecule has 44 heavy (non-hydrogen) atoms. The van der Waals surface area contributed by atoms with Gasteiger partial charge >= 0.3 is 6.18 Å². The van der Waals surface area contributed by atoms with Crippen LogP contribution in [0.4, 0.5) is 19.0 Å². The van der Waals surface area contributed by atoms with Gasteiger partial charge in [-0.05, 0) is 36.2 Å². The molecule has 0 saturated carbocycles. The Morgan fingerprint density at radius 2 is 1.86 bits per heavy atom. The third kappa shape index (κ3) is 6.09. The smallest absolute Gasteiger partial charge is 0.337 e. The molecule has 228 valence electrons. The summed E-state index contributed by atoms with van der Waals surface area (Å²) in [5.74, 6) is -2.80. The van der Waals surface area contributed by atoms with Crippen molar-refractivity contribution in [3.05, 3.63) is 113 Å². The Balaban J connectivity index is 1.61. The highest BCUT2D eigenvalue weighted by Gasteiger charge is 2.45. The van der Waals surface area contributed by atoms with Crippen LogP contribution in [-0.2, 0) is 27.5 Å². The number of hydrogen-bond donors (Lipinski definition) is 2. The van der Waals surface area contributed by atoms with Crippen LogP contribution < -0.4 is 14.9 Å². The molecule has 5 rings (SSSR count). The highest BCUT2D eigenvalue weighted by atomic mass is 32.2. The van der Waals surface area contributed by atoms with E-state index in [9.17, 15) is 31.2 Å². The number of sulfonamides is 1. The van der Waals surface area contributed by atoms with Crippen molar-refractivity contribution in [3.8, 4) is 5.69 Å². The number of carbonyl (C=O) groups is 2. The molecule has 0 saturated heterocycles. The number of benzene rings is 2. The number of anilines is 1. The standard InChI is InChI=1S/C29H26F3N7O4S/c1-3-38-27-21(17-34-39(27)20-11-6-5-7-12-20)23(19-10-8-9-18(15-19)16-35-44(42,43)4-2)24(28(38)41)37-26(40)25-33-14-13-22(36-25)29(30,31)32/h4-15,17,23-24,35H,2-3,16H2,1H3,(H,37,40)/t23-,24+/m1/s1. The molecule has 0 spiro atoms. The average molecular weight is 626 g/mol. The summed E-state index contributed by atoms with van der Waals surface area (Å²) in [6.07, 6.45) is -2.43. The van der Waals surface area contributed by atoms with E-state index in [1.54, 1.807) is 42.1 Å². The van der Waals surface area contributed by atoms with Crippen molar-refractivity contribution in [1.82, 2.24) is 29.8 Å². The Hall–Kier alpha value is -4.89. The van der Waals surface area contributed by atoms with E-state index in [0.717, 1.165) is 11.6 Å². The molecular weight excluding hydrogens is 599 g/mol. The number of nitrogens with zero attached hydrogens (tertiary/aromatic N) is 5. The molecule has 2 N–H and O–H groups in total. The zero-order valence-corrected chi connectivity index (χ0v) is 24.0. The van der Waals surface area contributed by atoms with Gasteiger partial charge in [-0.25, -0.2) is 27.8 Å². The molecule has 0 aliphatic carbocycles. The molecule has 15 heteroatoms. The quantitative estimate of drug-likeness (QED) is 0.290. The number of halogens is 3. The summed E-state index contributed by atoms with van der Waals surface area (Å²) in [4.78, 5) is 35.9. The van der Waals surface area contributed by atoms with Crippen LogP contribution in [0.3, 0.4) is 0 Å². The molecule has 0 bridgehead atoms. The second-order valence-electron chi connectivity index (χ2n) is 9.72. The van der Waals surface area contributed by atoms with Crippen LogP contribution in [0.5, 0.6) is 0 Å². The van der Waals surface area contributed by atoms with Crippen molar-refractivity contribution in [2.24, 2.45) is 0 Å². The van der Waals surface area contributed by atoms with Gasteiger partial charge in [0, 0.05) is 36.2 Å². The number of amides is 2. The van der Waals surface area contributed by atoms with E-state index in [4.69, 9.17) is 0 Å². The molecule has 2 amide bonds. The van der Waals surface area contributed by atoms with Crippen LogP contribution in [0.25, 0.3) is 5.69 Å². The Morgan fingerprint density at radius 3 is 2.55 bits per heavy atom. The second-order valence-corrected chi connectivity index (χ2v) is 11.4. The Morgan fingerprint density at radius 1 is 1.11 bits per heavy atom. The fraction of sp³-hybridized carbons (Fsp3) is 0.207. The number of likely N-dealkylation sites (N-methyl/N-ethyl adjacent to an activating group) is 1. The van der Waals surface area contributed by atoms with E-state index < -0.39 is 51.5 Å². The van der Waals surface area contributed by atoms with Crippen molar-refractivity contribution >= 4 is 27.7 Å². The average Bonchev–Trinajstić information content (AvgIpc) is 3.45. The van der Waals surface area contributed by atoms with Crippen molar-refractivity contribution in [2.45, 2.75) is 31.6 Å². The lowest BCUT2D eigenvalue weighted by molar-refractivity contribution is -0.141. The van der Waals surface area contributed by atoms with Gasteiger partial charge in [-0.3, -0.25) is 14.5 Å². The largest absolute Gasteiger partial charge is 0.433 e. The van der Waals surface area contributed by atoms with Gasteiger partial charge < -0.3 is 5.32 Å². The summed E-state index contributed by atoms with van der Waals surface area (Å²) < 4.78 is 67.8. The van der Waals surface area contributed by atoms with Crippen molar-refractivity contribution in [2.75, 3.05) is 11.4 Å². The van der Waals surface area contributed by atoms with E-state index in [-0.39, 0.29) is 13.1 Å². The number of rotatable bonds is 9. The van der Waals surface area contributed by atoms with Gasteiger partial charge in [-0.1, -0.05) is 49.0 Å². The first kappa shape index (κ1) is 30.6. The maximum atomic E-state index is 14.1. The molecule has 2 atom stereocenters. The molecule has 2 aromatic heterocycles. The lowest BCUT2D eigenvalue weighted by Crippen LogP contribution is -2.55. The summed E-state index contributed by atoms with van der Waals surface area (Å²) >= 11 is 0. The van der Waals surface area contributed by atoms with E-state index in [1.807, 2.05) is 30.3 Å². The number of aromatic nitrogens is 4. The Bertz CT molecular complexity index is 1830. The van der Waals surface area contributed by atoms with Gasteiger partial charge in [0.25, 0.3) is 11.8 Å². The minimum absolute atomic E-state index is 0.0881. The van der Waals surface area contributed by atoms with E-state index >= 15 is 0 Å².